The summed E-state index contributed by atoms with van der Waals surface area (Å²) in [6.45, 7) is 5.51. The largest absolute Gasteiger partial charge is 0.342 e. The molecule has 1 aromatic heterocycles. The van der Waals surface area contributed by atoms with Crippen molar-refractivity contribution in [1.82, 2.24) is 19.8 Å². The highest BCUT2D eigenvalue weighted by Crippen LogP contribution is 2.25. The second-order valence-corrected chi connectivity index (χ2v) is 6.97. The molecule has 2 saturated heterocycles. The molecule has 4 rings (SSSR count). The van der Waals surface area contributed by atoms with Gasteiger partial charge < -0.3 is 19.7 Å². The van der Waals surface area contributed by atoms with E-state index in [1.165, 1.54) is 0 Å². The zero-order chi connectivity index (χ0) is 16.5. The van der Waals surface area contributed by atoms with Crippen molar-refractivity contribution in [2.45, 2.75) is 12.8 Å². The molecule has 0 aliphatic carbocycles. The third-order valence-electron chi connectivity index (χ3n) is 5.34. The van der Waals surface area contributed by atoms with Crippen LogP contribution in [0.5, 0.6) is 0 Å². The highest BCUT2D eigenvalue weighted by molar-refractivity contribution is 5.80. The monoisotopic (exact) mass is 327 g/mol. The molecule has 2 aliphatic heterocycles. The molecule has 0 atom stereocenters. The van der Waals surface area contributed by atoms with E-state index in [1.807, 2.05) is 18.2 Å². The van der Waals surface area contributed by atoms with E-state index in [0.29, 0.717) is 5.91 Å². The molecule has 2 aliphatic rings. The van der Waals surface area contributed by atoms with Crippen molar-refractivity contribution < 1.29 is 4.79 Å². The Hall–Kier alpha value is -2.08. The van der Waals surface area contributed by atoms with Gasteiger partial charge in [-0.25, -0.2) is 4.98 Å². The van der Waals surface area contributed by atoms with Gasteiger partial charge >= 0.3 is 0 Å². The lowest BCUT2D eigenvalue weighted by Gasteiger charge is -2.37. The normalized spacial score (nSPS) is 20.7. The Labute approximate surface area is 142 Å². The van der Waals surface area contributed by atoms with Crippen LogP contribution in [0, 0.1) is 5.92 Å². The average molecular weight is 327 g/mol. The van der Waals surface area contributed by atoms with Crippen LogP contribution in [0.15, 0.2) is 24.3 Å². The molecule has 0 unspecified atom stereocenters. The molecule has 2 aromatic rings. The quantitative estimate of drug-likeness (QED) is 0.909. The number of nitrogens with zero attached hydrogens (tertiary/aromatic N) is 4. The van der Waals surface area contributed by atoms with Crippen LogP contribution in [0.25, 0.3) is 11.0 Å². The van der Waals surface area contributed by atoms with E-state index in [9.17, 15) is 4.79 Å². The summed E-state index contributed by atoms with van der Waals surface area (Å²) in [5.41, 5.74) is 2.08. The van der Waals surface area contributed by atoms with E-state index < -0.39 is 0 Å². The van der Waals surface area contributed by atoms with Crippen molar-refractivity contribution in [2.75, 3.05) is 51.2 Å². The van der Waals surface area contributed by atoms with Gasteiger partial charge in [-0.1, -0.05) is 12.1 Å². The van der Waals surface area contributed by atoms with Crippen LogP contribution in [-0.2, 0) is 4.79 Å². The third kappa shape index (κ3) is 2.98. The molecule has 1 N–H and O–H groups in total. The van der Waals surface area contributed by atoms with Crippen LogP contribution < -0.4 is 4.90 Å². The van der Waals surface area contributed by atoms with Crippen molar-refractivity contribution in [1.29, 1.82) is 0 Å². The molecule has 128 valence electrons. The lowest BCUT2D eigenvalue weighted by molar-refractivity contribution is -0.137. The van der Waals surface area contributed by atoms with E-state index in [2.05, 4.69) is 37.8 Å². The molecule has 3 heterocycles. The number of imidazole rings is 1. The number of carbonyl (C=O) groups is 1. The number of rotatable bonds is 2. The molecule has 6 nitrogen and oxygen atoms in total. The number of nitrogens with one attached hydrogen (secondary N) is 1. The maximum atomic E-state index is 12.7. The third-order valence-corrected chi connectivity index (χ3v) is 5.34. The number of aromatic amines is 1. The Bertz CT molecular complexity index is 678. The molecule has 24 heavy (non-hydrogen) atoms. The number of piperidine rings is 1. The van der Waals surface area contributed by atoms with Gasteiger partial charge in [0.1, 0.15) is 0 Å². The molecule has 0 spiro atoms. The van der Waals surface area contributed by atoms with Gasteiger partial charge in [-0.2, -0.15) is 0 Å². The first-order chi connectivity index (χ1) is 11.7. The molecule has 1 amide bonds. The van der Waals surface area contributed by atoms with Crippen LogP contribution in [0.1, 0.15) is 12.8 Å². The van der Waals surface area contributed by atoms with Gasteiger partial charge in [0.2, 0.25) is 11.9 Å². The Morgan fingerprint density at radius 3 is 2.50 bits per heavy atom. The van der Waals surface area contributed by atoms with Crippen LogP contribution in [0.2, 0.25) is 0 Å². The van der Waals surface area contributed by atoms with Crippen molar-refractivity contribution in [3.8, 4) is 0 Å². The van der Waals surface area contributed by atoms with Crippen molar-refractivity contribution in [2.24, 2.45) is 5.92 Å². The predicted octanol–water partition coefficient (Wildman–Crippen LogP) is 1.55. The maximum Gasteiger partial charge on any atom is 0.225 e. The number of benzene rings is 1. The summed E-state index contributed by atoms with van der Waals surface area (Å²) in [6.07, 6.45) is 1.84. The highest BCUT2D eigenvalue weighted by Gasteiger charge is 2.30. The van der Waals surface area contributed by atoms with Crippen LogP contribution in [0.4, 0.5) is 5.95 Å². The number of hydrogen-bond donors (Lipinski definition) is 1. The number of anilines is 1. The smallest absolute Gasteiger partial charge is 0.225 e. The first-order valence-corrected chi connectivity index (χ1v) is 8.88. The fourth-order valence-corrected chi connectivity index (χ4v) is 3.71. The standard InChI is InChI=1S/C18H25N5O/c1-21-10-12-22(13-11-21)17(24)14-6-8-23(9-7-14)18-19-15-4-2-3-5-16(15)20-18/h2-5,14H,6-13H2,1H3,(H,19,20). The fraction of sp³-hybridized carbons (Fsp3) is 0.556. The summed E-state index contributed by atoms with van der Waals surface area (Å²) in [5.74, 6) is 1.46. The Balaban J connectivity index is 1.37. The van der Waals surface area contributed by atoms with Gasteiger partial charge in [-0.15, -0.1) is 0 Å². The number of hydrogen-bond acceptors (Lipinski definition) is 4. The summed E-state index contributed by atoms with van der Waals surface area (Å²) < 4.78 is 0. The van der Waals surface area contributed by atoms with Gasteiger partial charge in [-0.3, -0.25) is 4.79 Å². The van der Waals surface area contributed by atoms with Gasteiger partial charge in [-0.05, 0) is 32.0 Å². The molecule has 0 radical (unpaired) electrons. The summed E-state index contributed by atoms with van der Waals surface area (Å²) in [7, 11) is 2.12. The lowest BCUT2D eigenvalue weighted by Crippen LogP contribution is -2.50. The first-order valence-electron chi connectivity index (χ1n) is 8.88. The average Bonchev–Trinajstić information content (AvgIpc) is 3.06. The Morgan fingerprint density at radius 1 is 1.08 bits per heavy atom. The molecular weight excluding hydrogens is 302 g/mol. The number of likely N-dealkylation sites (N-methyl/N-ethyl adjacent to an activating group) is 1. The second-order valence-electron chi connectivity index (χ2n) is 6.97. The molecule has 0 bridgehead atoms. The number of H-pyrrole nitrogens is 1. The molecule has 0 saturated carbocycles. The van der Waals surface area contributed by atoms with E-state index in [4.69, 9.17) is 0 Å². The van der Waals surface area contributed by atoms with Crippen molar-refractivity contribution in [3.05, 3.63) is 24.3 Å². The van der Waals surface area contributed by atoms with Crippen molar-refractivity contribution in [3.63, 3.8) is 0 Å². The van der Waals surface area contributed by atoms with Crippen LogP contribution in [-0.4, -0.2) is 72.0 Å². The zero-order valence-corrected chi connectivity index (χ0v) is 14.2. The number of amides is 1. The van der Waals surface area contributed by atoms with Gasteiger partial charge in [0, 0.05) is 45.2 Å². The van der Waals surface area contributed by atoms with Crippen LogP contribution in [0.3, 0.4) is 0 Å². The number of para-hydroxylation sites is 2. The minimum atomic E-state index is 0.175. The van der Waals surface area contributed by atoms with E-state index >= 15 is 0 Å². The topological polar surface area (TPSA) is 55.5 Å². The Kier molecular flexibility index (Phi) is 4.14. The van der Waals surface area contributed by atoms with E-state index in [1.54, 1.807) is 0 Å². The number of fused-ring (bicyclic) bond motifs is 1. The van der Waals surface area contributed by atoms with Crippen molar-refractivity contribution >= 4 is 22.9 Å². The first kappa shape index (κ1) is 15.4. The van der Waals surface area contributed by atoms with Gasteiger partial charge in [0.15, 0.2) is 0 Å². The van der Waals surface area contributed by atoms with E-state index in [-0.39, 0.29) is 5.92 Å². The van der Waals surface area contributed by atoms with Gasteiger partial charge in [0.05, 0.1) is 11.0 Å². The maximum absolute atomic E-state index is 12.7. The SMILES string of the molecule is CN1CCN(C(=O)C2CCN(c3nc4ccccc4[nH]3)CC2)CC1. The second kappa shape index (κ2) is 6.43. The van der Waals surface area contributed by atoms with Crippen LogP contribution >= 0.6 is 0 Å². The number of carbonyl (C=O) groups excluding carboxylic acids is 1. The number of piperazine rings is 1. The minimum Gasteiger partial charge on any atom is -0.342 e. The molecule has 2 fully saturated rings. The molecule has 6 heteroatoms. The molecule has 1 aromatic carbocycles. The summed E-state index contributed by atoms with van der Waals surface area (Å²) in [4.78, 5) is 27.4. The fourth-order valence-electron chi connectivity index (χ4n) is 3.71. The summed E-state index contributed by atoms with van der Waals surface area (Å²) in [6, 6.07) is 8.10. The summed E-state index contributed by atoms with van der Waals surface area (Å²) >= 11 is 0. The molecular formula is C18H25N5O. The minimum absolute atomic E-state index is 0.175. The predicted molar refractivity (Wildman–Crippen MR) is 95.1 cm³/mol. The Morgan fingerprint density at radius 2 is 1.79 bits per heavy atom. The lowest BCUT2D eigenvalue weighted by atomic mass is 9.95. The highest BCUT2D eigenvalue weighted by atomic mass is 16.2. The van der Waals surface area contributed by atoms with Gasteiger partial charge in [0.25, 0.3) is 0 Å². The number of aromatic nitrogens is 2. The van der Waals surface area contributed by atoms with E-state index in [0.717, 1.165) is 69.1 Å². The summed E-state index contributed by atoms with van der Waals surface area (Å²) in [5, 5.41) is 0. The zero-order valence-electron chi connectivity index (χ0n) is 14.2.